The van der Waals surface area contributed by atoms with E-state index < -0.39 is 6.10 Å². The fraction of sp³-hybridized carbons (Fsp3) is 0.118. The van der Waals surface area contributed by atoms with Gasteiger partial charge in [-0.3, -0.25) is 4.79 Å². The van der Waals surface area contributed by atoms with E-state index in [0.717, 1.165) is 16.6 Å². The molecular weight excluding hydrogens is 250 g/mol. The van der Waals surface area contributed by atoms with E-state index in [1.165, 1.54) is 0 Å². The fourth-order valence-corrected chi connectivity index (χ4v) is 2.54. The summed E-state index contributed by atoms with van der Waals surface area (Å²) in [6, 6.07) is 16.5. The number of aryl methyl sites for hydroxylation is 1. The summed E-state index contributed by atoms with van der Waals surface area (Å²) in [5, 5.41) is 11.3. The molecule has 1 atom stereocenters. The van der Waals surface area contributed by atoms with Crippen LogP contribution in [0, 0.1) is 6.92 Å². The zero-order valence-corrected chi connectivity index (χ0v) is 11.1. The number of aliphatic hydroxyl groups excluding tert-OH is 1. The lowest BCUT2D eigenvalue weighted by Crippen LogP contribution is -2.12. The van der Waals surface area contributed by atoms with Gasteiger partial charge in [0.1, 0.15) is 6.10 Å². The largest absolute Gasteiger partial charge is 0.380 e. The van der Waals surface area contributed by atoms with Crippen molar-refractivity contribution in [2.24, 2.45) is 0 Å². The number of benzene rings is 2. The third-order valence-corrected chi connectivity index (χ3v) is 3.52. The van der Waals surface area contributed by atoms with Crippen LogP contribution >= 0.6 is 0 Å². The Morgan fingerprint density at radius 2 is 1.70 bits per heavy atom. The van der Waals surface area contributed by atoms with Crippen molar-refractivity contribution < 1.29 is 9.90 Å². The summed E-state index contributed by atoms with van der Waals surface area (Å²) in [6.07, 6.45) is -1.14. The molecular formula is C17H15NO2. The summed E-state index contributed by atoms with van der Waals surface area (Å²) < 4.78 is 0. The van der Waals surface area contributed by atoms with Crippen molar-refractivity contribution in [1.82, 2.24) is 4.98 Å². The number of ketones is 1. The van der Waals surface area contributed by atoms with Gasteiger partial charge in [0.05, 0.1) is 0 Å². The number of hydrogen-bond acceptors (Lipinski definition) is 2. The average Bonchev–Trinajstić information content (AvgIpc) is 2.82. The molecule has 0 aliphatic rings. The molecule has 20 heavy (non-hydrogen) atoms. The van der Waals surface area contributed by atoms with E-state index in [-0.39, 0.29) is 5.78 Å². The van der Waals surface area contributed by atoms with Gasteiger partial charge < -0.3 is 10.1 Å². The number of Topliss-reactive ketones (excluding diaryl/α,β-unsaturated/α-hetero) is 1. The Morgan fingerprint density at radius 3 is 2.45 bits per heavy atom. The van der Waals surface area contributed by atoms with Crippen molar-refractivity contribution in [3.63, 3.8) is 0 Å². The Morgan fingerprint density at radius 1 is 1.05 bits per heavy atom. The van der Waals surface area contributed by atoms with Crippen molar-refractivity contribution in [3.05, 3.63) is 71.4 Å². The smallest absolute Gasteiger partial charge is 0.195 e. The number of H-pyrrole nitrogens is 1. The number of rotatable bonds is 3. The highest BCUT2D eigenvalue weighted by Gasteiger charge is 2.24. The number of fused-ring (bicyclic) bond motifs is 1. The number of hydrogen-bond donors (Lipinski definition) is 2. The van der Waals surface area contributed by atoms with Crippen molar-refractivity contribution in [1.29, 1.82) is 0 Å². The summed E-state index contributed by atoms with van der Waals surface area (Å²) >= 11 is 0. The fourth-order valence-electron chi connectivity index (χ4n) is 2.54. The standard InChI is InChI=1S/C17H15NO2/c1-11-15(13-9-5-6-10-14(13)18-11)17(20)16(19)12-7-3-2-4-8-12/h2-10,17-18,20H,1H3. The van der Waals surface area contributed by atoms with Crippen molar-refractivity contribution in [2.75, 3.05) is 0 Å². The molecule has 0 amide bonds. The minimum Gasteiger partial charge on any atom is -0.380 e. The van der Waals surface area contributed by atoms with Crippen LogP contribution in [0.2, 0.25) is 0 Å². The monoisotopic (exact) mass is 265 g/mol. The topological polar surface area (TPSA) is 53.1 Å². The molecule has 0 aliphatic heterocycles. The minimum absolute atomic E-state index is 0.279. The number of carbonyl (C=O) groups excluding carboxylic acids is 1. The average molecular weight is 265 g/mol. The first-order chi connectivity index (χ1) is 9.68. The molecule has 1 unspecified atom stereocenters. The SMILES string of the molecule is Cc1[nH]c2ccccc2c1C(O)C(=O)c1ccccc1. The van der Waals surface area contributed by atoms with Gasteiger partial charge in [-0.15, -0.1) is 0 Å². The second kappa shape index (κ2) is 4.94. The van der Waals surface area contributed by atoms with Gasteiger partial charge in [-0.05, 0) is 13.0 Å². The molecule has 3 rings (SSSR count). The lowest BCUT2D eigenvalue weighted by molar-refractivity contribution is 0.0748. The van der Waals surface area contributed by atoms with Crippen molar-refractivity contribution in [2.45, 2.75) is 13.0 Å². The highest BCUT2D eigenvalue weighted by Crippen LogP contribution is 2.29. The van der Waals surface area contributed by atoms with Gasteiger partial charge in [0, 0.05) is 27.7 Å². The van der Waals surface area contributed by atoms with Crippen LogP contribution in [-0.4, -0.2) is 15.9 Å². The maximum absolute atomic E-state index is 12.4. The van der Waals surface area contributed by atoms with Gasteiger partial charge in [-0.25, -0.2) is 0 Å². The lowest BCUT2D eigenvalue weighted by Gasteiger charge is -2.10. The zero-order valence-electron chi connectivity index (χ0n) is 11.1. The molecule has 0 saturated carbocycles. The molecule has 3 aromatic rings. The van der Waals surface area contributed by atoms with E-state index in [0.29, 0.717) is 11.1 Å². The predicted molar refractivity (Wildman–Crippen MR) is 78.8 cm³/mol. The van der Waals surface area contributed by atoms with Crippen molar-refractivity contribution in [3.8, 4) is 0 Å². The first-order valence-corrected chi connectivity index (χ1v) is 6.53. The van der Waals surface area contributed by atoms with E-state index in [1.807, 2.05) is 37.3 Å². The van der Waals surface area contributed by atoms with Gasteiger partial charge in [0.2, 0.25) is 0 Å². The molecule has 0 fully saturated rings. The first kappa shape index (κ1) is 12.6. The van der Waals surface area contributed by atoms with Gasteiger partial charge in [-0.1, -0.05) is 48.5 Å². The maximum atomic E-state index is 12.4. The third-order valence-electron chi connectivity index (χ3n) is 3.52. The lowest BCUT2D eigenvalue weighted by atomic mass is 9.98. The Bertz CT molecular complexity index is 759. The maximum Gasteiger partial charge on any atom is 0.195 e. The number of aromatic amines is 1. The Labute approximate surface area is 116 Å². The number of carbonyl (C=O) groups is 1. The second-order valence-corrected chi connectivity index (χ2v) is 4.84. The second-order valence-electron chi connectivity index (χ2n) is 4.84. The van der Waals surface area contributed by atoms with Crippen LogP contribution in [0.4, 0.5) is 0 Å². The minimum atomic E-state index is -1.14. The highest BCUT2D eigenvalue weighted by atomic mass is 16.3. The molecule has 0 radical (unpaired) electrons. The summed E-state index contributed by atoms with van der Waals surface area (Å²) in [4.78, 5) is 15.6. The molecule has 0 saturated heterocycles. The van der Waals surface area contributed by atoms with E-state index in [2.05, 4.69) is 4.98 Å². The molecule has 1 aromatic heterocycles. The highest BCUT2D eigenvalue weighted by molar-refractivity contribution is 6.02. The first-order valence-electron chi connectivity index (χ1n) is 6.53. The molecule has 0 spiro atoms. The van der Waals surface area contributed by atoms with Crippen LogP contribution in [0.3, 0.4) is 0 Å². The number of aromatic nitrogens is 1. The molecule has 2 N–H and O–H groups in total. The molecule has 3 heteroatoms. The Kier molecular flexibility index (Phi) is 3.12. The summed E-state index contributed by atoms with van der Waals surface area (Å²) in [5.41, 5.74) is 2.93. The number of para-hydroxylation sites is 1. The van der Waals surface area contributed by atoms with Crippen LogP contribution < -0.4 is 0 Å². The summed E-state index contributed by atoms with van der Waals surface area (Å²) in [7, 11) is 0. The van der Waals surface area contributed by atoms with Crippen LogP contribution in [0.15, 0.2) is 54.6 Å². The quantitative estimate of drug-likeness (QED) is 0.713. The van der Waals surface area contributed by atoms with Gasteiger partial charge >= 0.3 is 0 Å². The van der Waals surface area contributed by atoms with Crippen LogP contribution in [0.25, 0.3) is 10.9 Å². The molecule has 3 nitrogen and oxygen atoms in total. The molecule has 0 bridgehead atoms. The molecule has 0 aliphatic carbocycles. The number of nitrogens with one attached hydrogen (secondary N) is 1. The van der Waals surface area contributed by atoms with Crippen LogP contribution in [0.1, 0.15) is 27.7 Å². The third kappa shape index (κ3) is 2.02. The molecule has 100 valence electrons. The molecule has 2 aromatic carbocycles. The van der Waals surface area contributed by atoms with E-state index in [9.17, 15) is 9.90 Å². The van der Waals surface area contributed by atoms with E-state index in [4.69, 9.17) is 0 Å². The summed E-state index contributed by atoms with van der Waals surface area (Å²) in [5.74, 6) is -0.279. The summed E-state index contributed by atoms with van der Waals surface area (Å²) in [6.45, 7) is 1.87. The normalized spacial score (nSPS) is 12.5. The van der Waals surface area contributed by atoms with E-state index >= 15 is 0 Å². The van der Waals surface area contributed by atoms with Crippen LogP contribution in [-0.2, 0) is 0 Å². The zero-order chi connectivity index (χ0) is 14.1. The van der Waals surface area contributed by atoms with Crippen LogP contribution in [0.5, 0.6) is 0 Å². The Hall–Kier alpha value is -2.39. The Balaban J connectivity index is 2.07. The van der Waals surface area contributed by atoms with Crippen molar-refractivity contribution >= 4 is 16.7 Å². The van der Waals surface area contributed by atoms with E-state index in [1.54, 1.807) is 24.3 Å². The predicted octanol–water partition coefficient (Wildman–Crippen LogP) is 3.39. The number of aliphatic hydroxyl groups is 1. The van der Waals surface area contributed by atoms with Gasteiger partial charge in [0.15, 0.2) is 5.78 Å². The van der Waals surface area contributed by atoms with Gasteiger partial charge in [0.25, 0.3) is 0 Å². The van der Waals surface area contributed by atoms with Gasteiger partial charge in [-0.2, -0.15) is 0 Å². The molecule has 1 heterocycles.